The lowest BCUT2D eigenvalue weighted by molar-refractivity contribution is 0.413. The number of aromatic nitrogens is 4. The summed E-state index contributed by atoms with van der Waals surface area (Å²) in [6.45, 7) is 3.56. The Morgan fingerprint density at radius 2 is 1.74 bits per heavy atom. The van der Waals surface area contributed by atoms with E-state index in [1.165, 1.54) is 0 Å². The summed E-state index contributed by atoms with van der Waals surface area (Å²) in [7, 11) is 1.60. The molecule has 0 saturated heterocycles. The molecule has 3 aromatic heterocycles. The van der Waals surface area contributed by atoms with Crippen LogP contribution in [0, 0.1) is 24.4 Å². The first kappa shape index (κ1) is 21.8. The second kappa shape index (κ2) is 8.37. The fourth-order valence-electron chi connectivity index (χ4n) is 4.31. The Morgan fingerprint density at radius 3 is 2.41 bits per heavy atom. The summed E-state index contributed by atoms with van der Waals surface area (Å²) in [5.74, 6) is -2.19. The molecule has 0 spiro atoms. The Hall–Kier alpha value is -4.07. The molecule has 5 aromatic rings. The van der Waals surface area contributed by atoms with Gasteiger partial charge >= 0.3 is 0 Å². The summed E-state index contributed by atoms with van der Waals surface area (Å²) in [6.07, 6.45) is 7.05. The molecular formula is C26H21F3N4O. The number of aryl methyl sites for hydroxylation is 1. The highest BCUT2D eigenvalue weighted by Gasteiger charge is 2.23. The average molecular weight is 462 g/mol. The molecule has 0 aliphatic carbocycles. The van der Waals surface area contributed by atoms with Gasteiger partial charge in [-0.25, -0.2) is 23.1 Å². The van der Waals surface area contributed by atoms with Crippen LogP contribution < -0.4 is 4.74 Å². The van der Waals surface area contributed by atoms with E-state index >= 15 is 0 Å². The van der Waals surface area contributed by atoms with Crippen LogP contribution in [0.2, 0.25) is 0 Å². The highest BCUT2D eigenvalue weighted by molar-refractivity contribution is 5.94. The van der Waals surface area contributed by atoms with Crippen LogP contribution in [0.4, 0.5) is 13.2 Å². The Bertz CT molecular complexity index is 1500. The van der Waals surface area contributed by atoms with Crippen LogP contribution in [0.25, 0.3) is 27.8 Å². The standard InChI is InChI=1S/C26H21F3N4O/c1-15-12-32(14-31-15)23-7-6-17(9-24(23)34-3)20-13-33(26-19(20)5-4-8-30-26)16(2)25-21(28)10-18(27)11-22(25)29/h4-14,16H,1-3H3. The van der Waals surface area contributed by atoms with Gasteiger partial charge in [-0.15, -0.1) is 0 Å². The number of pyridine rings is 1. The van der Waals surface area contributed by atoms with Gasteiger partial charge in [-0.3, -0.25) is 0 Å². The molecule has 5 rings (SSSR count). The van der Waals surface area contributed by atoms with Crippen LogP contribution in [0.5, 0.6) is 5.75 Å². The van der Waals surface area contributed by atoms with Crippen molar-refractivity contribution in [2.24, 2.45) is 0 Å². The minimum absolute atomic E-state index is 0.223. The SMILES string of the molecule is COc1cc(-c2cn(C(C)c3c(F)cc(F)cc3F)c3ncccc23)ccc1-n1cnc(C)c1. The Labute approximate surface area is 194 Å². The van der Waals surface area contributed by atoms with Gasteiger partial charge in [-0.05, 0) is 43.7 Å². The van der Waals surface area contributed by atoms with Crippen molar-refractivity contribution >= 4 is 11.0 Å². The predicted molar refractivity (Wildman–Crippen MR) is 124 cm³/mol. The summed E-state index contributed by atoms with van der Waals surface area (Å²) >= 11 is 0. The molecule has 0 bridgehead atoms. The summed E-state index contributed by atoms with van der Waals surface area (Å²) < 4.78 is 51.8. The lowest BCUT2D eigenvalue weighted by Crippen LogP contribution is -2.11. The number of methoxy groups -OCH3 is 1. The van der Waals surface area contributed by atoms with Crippen LogP contribution >= 0.6 is 0 Å². The van der Waals surface area contributed by atoms with Gasteiger partial charge in [0.15, 0.2) is 0 Å². The summed E-state index contributed by atoms with van der Waals surface area (Å²) in [5.41, 5.74) is 3.72. The van der Waals surface area contributed by atoms with E-state index in [-0.39, 0.29) is 5.56 Å². The molecule has 0 saturated carbocycles. The first-order chi connectivity index (χ1) is 16.4. The van der Waals surface area contributed by atoms with Crippen LogP contribution in [0.1, 0.15) is 24.2 Å². The molecule has 0 N–H and O–H groups in total. The Kier molecular flexibility index (Phi) is 5.36. The second-order valence-electron chi connectivity index (χ2n) is 8.09. The van der Waals surface area contributed by atoms with Gasteiger partial charge in [-0.2, -0.15) is 0 Å². The molecule has 3 heterocycles. The van der Waals surface area contributed by atoms with Gasteiger partial charge in [0.1, 0.15) is 28.8 Å². The van der Waals surface area contributed by atoms with E-state index in [0.29, 0.717) is 23.5 Å². The maximum atomic E-state index is 14.5. The quantitative estimate of drug-likeness (QED) is 0.311. The van der Waals surface area contributed by atoms with E-state index in [1.54, 1.807) is 43.4 Å². The molecule has 1 unspecified atom stereocenters. The number of hydrogen-bond acceptors (Lipinski definition) is 3. The van der Waals surface area contributed by atoms with Crippen molar-refractivity contribution < 1.29 is 17.9 Å². The topological polar surface area (TPSA) is 44.9 Å². The fourth-order valence-corrected chi connectivity index (χ4v) is 4.31. The van der Waals surface area contributed by atoms with E-state index in [4.69, 9.17) is 4.74 Å². The van der Waals surface area contributed by atoms with Gasteiger partial charge in [0, 0.05) is 47.2 Å². The maximum absolute atomic E-state index is 14.5. The van der Waals surface area contributed by atoms with E-state index in [9.17, 15) is 13.2 Å². The number of imidazole rings is 1. The van der Waals surface area contributed by atoms with Crippen LogP contribution in [0.15, 0.2) is 67.4 Å². The van der Waals surface area contributed by atoms with Crippen LogP contribution in [-0.4, -0.2) is 26.2 Å². The van der Waals surface area contributed by atoms with Crippen molar-refractivity contribution in [3.05, 3.63) is 96.1 Å². The monoisotopic (exact) mass is 462 g/mol. The van der Waals surface area contributed by atoms with Gasteiger partial charge in [0.25, 0.3) is 0 Å². The number of nitrogens with zero attached hydrogens (tertiary/aromatic N) is 4. The van der Waals surface area contributed by atoms with E-state index in [2.05, 4.69) is 9.97 Å². The molecule has 1 atom stereocenters. The molecule has 0 fully saturated rings. The zero-order valence-electron chi connectivity index (χ0n) is 18.8. The smallest absolute Gasteiger partial charge is 0.143 e. The number of halogens is 3. The molecule has 0 aliphatic rings. The van der Waals surface area contributed by atoms with E-state index in [1.807, 2.05) is 42.0 Å². The average Bonchev–Trinajstić information content (AvgIpc) is 3.42. The largest absolute Gasteiger partial charge is 0.495 e. The molecular weight excluding hydrogens is 441 g/mol. The van der Waals surface area contributed by atoms with Crippen molar-refractivity contribution in [3.8, 4) is 22.6 Å². The zero-order chi connectivity index (χ0) is 24.0. The van der Waals surface area contributed by atoms with Gasteiger partial charge in [-0.1, -0.05) is 6.07 Å². The number of ether oxygens (including phenoxy) is 1. The fraction of sp³-hybridized carbons (Fsp3) is 0.154. The number of benzene rings is 2. The third-order valence-corrected chi connectivity index (χ3v) is 5.95. The van der Waals surface area contributed by atoms with E-state index < -0.39 is 23.5 Å². The van der Waals surface area contributed by atoms with Crippen molar-refractivity contribution in [2.75, 3.05) is 7.11 Å². The lowest BCUT2D eigenvalue weighted by Gasteiger charge is -2.17. The number of rotatable bonds is 5. The molecule has 2 aromatic carbocycles. The first-order valence-corrected chi connectivity index (χ1v) is 10.7. The van der Waals surface area contributed by atoms with Gasteiger partial charge in [0.05, 0.1) is 30.9 Å². The third-order valence-electron chi connectivity index (χ3n) is 5.95. The zero-order valence-corrected chi connectivity index (χ0v) is 18.8. The minimum atomic E-state index is -0.956. The number of hydrogen-bond donors (Lipinski definition) is 0. The third kappa shape index (κ3) is 3.61. The Balaban J connectivity index is 1.65. The maximum Gasteiger partial charge on any atom is 0.143 e. The van der Waals surface area contributed by atoms with Crippen molar-refractivity contribution in [1.29, 1.82) is 0 Å². The minimum Gasteiger partial charge on any atom is -0.495 e. The molecule has 0 radical (unpaired) electrons. The molecule has 0 aliphatic heterocycles. The molecule has 34 heavy (non-hydrogen) atoms. The van der Waals surface area contributed by atoms with Gasteiger partial charge < -0.3 is 13.9 Å². The summed E-state index contributed by atoms with van der Waals surface area (Å²) in [6, 6.07) is 10.1. The van der Waals surface area contributed by atoms with Crippen molar-refractivity contribution in [2.45, 2.75) is 19.9 Å². The van der Waals surface area contributed by atoms with Gasteiger partial charge in [0.2, 0.25) is 0 Å². The highest BCUT2D eigenvalue weighted by atomic mass is 19.1. The molecule has 0 amide bonds. The Morgan fingerprint density at radius 1 is 0.971 bits per heavy atom. The first-order valence-electron chi connectivity index (χ1n) is 10.7. The van der Waals surface area contributed by atoms with Crippen molar-refractivity contribution in [3.63, 3.8) is 0 Å². The van der Waals surface area contributed by atoms with Crippen LogP contribution in [0.3, 0.4) is 0 Å². The van der Waals surface area contributed by atoms with Crippen LogP contribution in [-0.2, 0) is 0 Å². The highest BCUT2D eigenvalue weighted by Crippen LogP contribution is 2.37. The van der Waals surface area contributed by atoms with Crippen molar-refractivity contribution in [1.82, 2.24) is 19.1 Å². The second-order valence-corrected chi connectivity index (χ2v) is 8.09. The normalized spacial score (nSPS) is 12.3. The summed E-state index contributed by atoms with van der Waals surface area (Å²) in [5, 5.41) is 0.811. The lowest BCUT2D eigenvalue weighted by atomic mass is 10.0. The number of fused-ring (bicyclic) bond motifs is 1. The van der Waals surface area contributed by atoms with E-state index in [0.717, 1.165) is 27.9 Å². The molecule has 8 heteroatoms. The predicted octanol–water partition coefficient (Wildman–Crippen LogP) is 6.23. The summed E-state index contributed by atoms with van der Waals surface area (Å²) in [4.78, 5) is 8.73. The molecule has 172 valence electrons. The molecule has 5 nitrogen and oxygen atoms in total.